The van der Waals surface area contributed by atoms with Gasteiger partial charge in [0, 0.05) is 17.9 Å². The monoisotopic (exact) mass is 224 g/mol. The average Bonchev–Trinajstić information content (AvgIpc) is 2.75. The van der Waals surface area contributed by atoms with Crippen molar-refractivity contribution >= 4 is 0 Å². The van der Waals surface area contributed by atoms with Crippen LogP contribution in [-0.2, 0) is 6.42 Å². The van der Waals surface area contributed by atoms with Crippen LogP contribution in [0.15, 0.2) is 6.33 Å². The summed E-state index contributed by atoms with van der Waals surface area (Å²) in [4.78, 5) is 4.07. The van der Waals surface area contributed by atoms with Crippen LogP contribution in [0.5, 0.6) is 0 Å². The Morgan fingerprint density at radius 1 is 1.62 bits per heavy atom. The minimum absolute atomic E-state index is 0.0201. The van der Waals surface area contributed by atoms with Crippen molar-refractivity contribution in [3.05, 3.63) is 12.2 Å². The first-order valence-electron chi connectivity index (χ1n) is 5.86. The van der Waals surface area contributed by atoms with Gasteiger partial charge in [-0.15, -0.1) is 0 Å². The molecular weight excluding hydrogens is 204 g/mol. The molecule has 5 nitrogen and oxygen atoms in total. The second-order valence-electron chi connectivity index (χ2n) is 5.12. The van der Waals surface area contributed by atoms with Gasteiger partial charge in [-0.1, -0.05) is 13.8 Å². The molecule has 0 amide bonds. The second kappa shape index (κ2) is 4.51. The van der Waals surface area contributed by atoms with Crippen LogP contribution in [0.25, 0.3) is 0 Å². The lowest BCUT2D eigenvalue weighted by Crippen LogP contribution is -2.60. The molecule has 2 rings (SSSR count). The molecule has 2 atom stereocenters. The van der Waals surface area contributed by atoms with Crippen molar-refractivity contribution in [1.82, 2.24) is 20.5 Å². The van der Waals surface area contributed by atoms with E-state index in [0.717, 1.165) is 31.6 Å². The van der Waals surface area contributed by atoms with Crippen molar-refractivity contribution < 1.29 is 5.11 Å². The molecule has 0 bridgehead atoms. The number of hydrogen-bond acceptors (Lipinski definition) is 4. The molecule has 2 unspecified atom stereocenters. The third-order valence-corrected chi connectivity index (χ3v) is 3.66. The van der Waals surface area contributed by atoms with Crippen LogP contribution in [0.3, 0.4) is 0 Å². The van der Waals surface area contributed by atoms with E-state index < -0.39 is 0 Å². The van der Waals surface area contributed by atoms with Gasteiger partial charge in [-0.05, 0) is 19.4 Å². The predicted molar refractivity (Wildman–Crippen MR) is 60.9 cm³/mol. The summed E-state index contributed by atoms with van der Waals surface area (Å²) in [5.74, 6) is 0.940. The number of nitrogens with zero attached hydrogens (tertiary/aromatic N) is 2. The molecule has 0 radical (unpaired) electrons. The van der Waals surface area contributed by atoms with Crippen molar-refractivity contribution in [1.29, 1.82) is 0 Å². The van der Waals surface area contributed by atoms with Crippen LogP contribution >= 0.6 is 0 Å². The van der Waals surface area contributed by atoms with Gasteiger partial charge >= 0.3 is 0 Å². The maximum atomic E-state index is 9.59. The number of nitrogens with one attached hydrogen (secondary N) is 2. The van der Waals surface area contributed by atoms with Crippen LogP contribution in [0, 0.1) is 5.41 Å². The Morgan fingerprint density at radius 2 is 2.44 bits per heavy atom. The Bertz CT molecular complexity index is 323. The molecule has 5 heteroatoms. The highest BCUT2D eigenvalue weighted by Crippen LogP contribution is 2.40. The van der Waals surface area contributed by atoms with E-state index in [1.807, 2.05) is 0 Å². The summed E-state index contributed by atoms with van der Waals surface area (Å²) in [6.45, 7) is 5.17. The highest BCUT2D eigenvalue weighted by molar-refractivity contribution is 5.01. The zero-order valence-corrected chi connectivity index (χ0v) is 9.90. The summed E-state index contributed by atoms with van der Waals surface area (Å²) in [5.41, 5.74) is 0.0201. The molecule has 0 aliphatic heterocycles. The van der Waals surface area contributed by atoms with Crippen LogP contribution in [0.2, 0.25) is 0 Å². The third kappa shape index (κ3) is 2.25. The fraction of sp³-hybridized carbons (Fsp3) is 0.818. The van der Waals surface area contributed by atoms with E-state index in [9.17, 15) is 5.11 Å². The van der Waals surface area contributed by atoms with Gasteiger partial charge in [-0.2, -0.15) is 5.10 Å². The van der Waals surface area contributed by atoms with Gasteiger partial charge in [0.05, 0.1) is 6.10 Å². The van der Waals surface area contributed by atoms with Gasteiger partial charge in [0.2, 0.25) is 0 Å². The number of aromatic nitrogens is 3. The first-order chi connectivity index (χ1) is 7.60. The Labute approximate surface area is 95.7 Å². The van der Waals surface area contributed by atoms with Gasteiger partial charge in [0.25, 0.3) is 0 Å². The minimum atomic E-state index is -0.153. The standard InChI is InChI=1S/C11H20N4O/c1-11(2)8(6-9(11)16)12-5-3-4-10-13-7-14-15-10/h7-9,12,16H,3-6H2,1-2H3,(H,13,14,15). The van der Waals surface area contributed by atoms with Crippen LogP contribution in [-0.4, -0.2) is 39.0 Å². The molecule has 0 saturated heterocycles. The number of rotatable bonds is 5. The van der Waals surface area contributed by atoms with E-state index in [0.29, 0.717) is 6.04 Å². The van der Waals surface area contributed by atoms with Crippen molar-refractivity contribution in [2.45, 2.75) is 45.3 Å². The molecule has 1 saturated carbocycles. The molecule has 1 aliphatic carbocycles. The highest BCUT2D eigenvalue weighted by Gasteiger charge is 2.46. The normalized spacial score (nSPS) is 27.7. The van der Waals surface area contributed by atoms with Gasteiger partial charge in [-0.3, -0.25) is 5.10 Å². The van der Waals surface area contributed by atoms with Crippen molar-refractivity contribution in [2.24, 2.45) is 5.41 Å². The van der Waals surface area contributed by atoms with E-state index in [1.165, 1.54) is 6.33 Å². The van der Waals surface area contributed by atoms with E-state index in [4.69, 9.17) is 0 Å². The number of aliphatic hydroxyl groups is 1. The smallest absolute Gasteiger partial charge is 0.137 e. The van der Waals surface area contributed by atoms with Crippen LogP contribution in [0.4, 0.5) is 0 Å². The SMILES string of the molecule is CC1(C)C(O)CC1NCCCc1ncn[nH]1. The third-order valence-electron chi connectivity index (χ3n) is 3.66. The fourth-order valence-corrected chi connectivity index (χ4v) is 2.13. The summed E-state index contributed by atoms with van der Waals surface area (Å²) < 4.78 is 0. The number of aromatic amines is 1. The predicted octanol–water partition coefficient (Wildman–Crippen LogP) is 0.486. The molecule has 1 aromatic heterocycles. The van der Waals surface area contributed by atoms with E-state index in [-0.39, 0.29) is 11.5 Å². The van der Waals surface area contributed by atoms with Gasteiger partial charge < -0.3 is 10.4 Å². The van der Waals surface area contributed by atoms with Crippen molar-refractivity contribution in [2.75, 3.05) is 6.54 Å². The molecule has 1 aromatic rings. The molecule has 90 valence electrons. The molecule has 3 N–H and O–H groups in total. The average molecular weight is 224 g/mol. The molecule has 1 fully saturated rings. The van der Waals surface area contributed by atoms with E-state index in [1.54, 1.807) is 0 Å². The Kier molecular flexibility index (Phi) is 3.25. The summed E-state index contributed by atoms with van der Waals surface area (Å²) in [6.07, 6.45) is 4.21. The molecule has 1 aliphatic rings. The lowest BCUT2D eigenvalue weighted by atomic mass is 9.64. The zero-order valence-electron chi connectivity index (χ0n) is 9.90. The molecule has 0 aromatic carbocycles. The summed E-state index contributed by atoms with van der Waals surface area (Å²) in [6, 6.07) is 0.442. The van der Waals surface area contributed by atoms with E-state index in [2.05, 4.69) is 34.3 Å². The first kappa shape index (κ1) is 11.5. The first-order valence-corrected chi connectivity index (χ1v) is 5.86. The number of H-pyrrole nitrogens is 1. The maximum absolute atomic E-state index is 9.59. The molecule has 0 spiro atoms. The van der Waals surface area contributed by atoms with Crippen LogP contribution < -0.4 is 5.32 Å². The molecule has 1 heterocycles. The topological polar surface area (TPSA) is 73.8 Å². The Morgan fingerprint density at radius 3 is 3.00 bits per heavy atom. The lowest BCUT2D eigenvalue weighted by Gasteiger charge is -2.49. The van der Waals surface area contributed by atoms with Crippen LogP contribution in [0.1, 0.15) is 32.5 Å². The largest absolute Gasteiger partial charge is 0.392 e. The minimum Gasteiger partial charge on any atom is -0.392 e. The fourth-order valence-electron chi connectivity index (χ4n) is 2.13. The second-order valence-corrected chi connectivity index (χ2v) is 5.12. The summed E-state index contributed by atoms with van der Waals surface area (Å²) in [7, 11) is 0. The Balaban J connectivity index is 1.62. The maximum Gasteiger partial charge on any atom is 0.137 e. The van der Waals surface area contributed by atoms with Crippen molar-refractivity contribution in [3.63, 3.8) is 0 Å². The van der Waals surface area contributed by atoms with E-state index >= 15 is 0 Å². The van der Waals surface area contributed by atoms with Gasteiger partial charge in [0.1, 0.15) is 12.2 Å². The number of aryl methyl sites for hydroxylation is 1. The lowest BCUT2D eigenvalue weighted by molar-refractivity contribution is -0.0722. The number of aliphatic hydroxyl groups excluding tert-OH is 1. The Hall–Kier alpha value is -0.940. The van der Waals surface area contributed by atoms with Gasteiger partial charge in [-0.25, -0.2) is 4.98 Å². The number of hydrogen-bond donors (Lipinski definition) is 3. The molecule has 16 heavy (non-hydrogen) atoms. The summed E-state index contributed by atoms with van der Waals surface area (Å²) in [5, 5.41) is 19.7. The van der Waals surface area contributed by atoms with Crippen molar-refractivity contribution in [3.8, 4) is 0 Å². The van der Waals surface area contributed by atoms with Gasteiger partial charge in [0.15, 0.2) is 0 Å². The molecular formula is C11H20N4O. The highest BCUT2D eigenvalue weighted by atomic mass is 16.3. The quantitative estimate of drug-likeness (QED) is 0.636. The zero-order chi connectivity index (χ0) is 11.6. The summed E-state index contributed by atoms with van der Waals surface area (Å²) >= 11 is 0.